The lowest BCUT2D eigenvalue weighted by Crippen LogP contribution is -2.19. The van der Waals surface area contributed by atoms with Gasteiger partial charge in [0.25, 0.3) is 0 Å². The highest BCUT2D eigenvalue weighted by molar-refractivity contribution is 14.1. The molecule has 1 N–H and O–H groups in total. The topological polar surface area (TPSA) is 78.0 Å². The van der Waals surface area contributed by atoms with E-state index < -0.39 is 0 Å². The normalized spacial score (nSPS) is 18.4. The minimum atomic E-state index is 0.00785. The number of rotatable bonds is 4. The second-order valence-electron chi connectivity index (χ2n) is 5.40. The van der Waals surface area contributed by atoms with Gasteiger partial charge in [0.05, 0.1) is 12.8 Å². The first-order valence-corrected chi connectivity index (χ1v) is 8.67. The number of halogens is 1. The van der Waals surface area contributed by atoms with Crippen LogP contribution in [-0.2, 0) is 11.3 Å². The van der Waals surface area contributed by atoms with Crippen molar-refractivity contribution in [3.8, 4) is 0 Å². The number of aromatic nitrogens is 4. The predicted octanol–water partition coefficient (Wildman–Crippen LogP) is 3.34. The molecule has 3 aromatic rings. The van der Waals surface area contributed by atoms with Gasteiger partial charge >= 0.3 is 0 Å². The molecule has 0 spiro atoms. The van der Waals surface area contributed by atoms with Gasteiger partial charge in [-0.1, -0.05) is 0 Å². The average Bonchev–Trinajstić information content (AvgIpc) is 3.20. The lowest BCUT2D eigenvalue weighted by Gasteiger charge is -2.24. The summed E-state index contributed by atoms with van der Waals surface area (Å²) in [6.07, 6.45) is 6.49. The largest absolute Gasteiger partial charge is 0.467 e. The standard InChI is InChI=1S/C15H16IN5O2/c16-15-20-12-13(17-8-10-4-3-7-22-10)18-9-19-14(12)21(15)11-5-1-2-6-23-11/h3-4,7,9,11H,1-2,5-6,8H2,(H,17,18,19). The van der Waals surface area contributed by atoms with Crippen molar-refractivity contribution in [3.05, 3.63) is 34.3 Å². The fraction of sp³-hybridized carbons (Fsp3) is 0.400. The van der Waals surface area contributed by atoms with Crippen LogP contribution in [-0.4, -0.2) is 26.1 Å². The molecular weight excluding hydrogens is 409 g/mol. The van der Waals surface area contributed by atoms with Crippen molar-refractivity contribution in [2.24, 2.45) is 0 Å². The van der Waals surface area contributed by atoms with Crippen molar-refractivity contribution in [2.45, 2.75) is 32.0 Å². The van der Waals surface area contributed by atoms with E-state index in [9.17, 15) is 0 Å². The number of fused-ring (bicyclic) bond motifs is 1. The van der Waals surface area contributed by atoms with E-state index in [-0.39, 0.29) is 6.23 Å². The Kier molecular flexibility index (Phi) is 4.17. The summed E-state index contributed by atoms with van der Waals surface area (Å²) in [5.41, 5.74) is 1.57. The molecule has 23 heavy (non-hydrogen) atoms. The van der Waals surface area contributed by atoms with Crippen molar-refractivity contribution in [3.63, 3.8) is 0 Å². The molecule has 7 nitrogen and oxygen atoms in total. The third-order valence-electron chi connectivity index (χ3n) is 3.89. The monoisotopic (exact) mass is 425 g/mol. The van der Waals surface area contributed by atoms with E-state index in [0.717, 1.165) is 46.6 Å². The van der Waals surface area contributed by atoms with E-state index in [4.69, 9.17) is 9.15 Å². The van der Waals surface area contributed by atoms with Crippen LogP contribution >= 0.6 is 22.6 Å². The average molecular weight is 425 g/mol. The number of anilines is 1. The number of furan rings is 1. The fourth-order valence-electron chi connectivity index (χ4n) is 2.78. The highest BCUT2D eigenvalue weighted by Crippen LogP contribution is 2.30. The van der Waals surface area contributed by atoms with Gasteiger partial charge in [-0.25, -0.2) is 15.0 Å². The molecule has 0 saturated carbocycles. The maximum atomic E-state index is 5.89. The Morgan fingerprint density at radius 3 is 3.09 bits per heavy atom. The van der Waals surface area contributed by atoms with Crippen LogP contribution in [0.1, 0.15) is 31.3 Å². The lowest BCUT2D eigenvalue weighted by atomic mass is 10.2. The maximum Gasteiger partial charge on any atom is 0.175 e. The van der Waals surface area contributed by atoms with Gasteiger partial charge in [-0.15, -0.1) is 0 Å². The molecule has 1 saturated heterocycles. The van der Waals surface area contributed by atoms with Crippen LogP contribution in [0.25, 0.3) is 11.2 Å². The Morgan fingerprint density at radius 2 is 2.30 bits per heavy atom. The van der Waals surface area contributed by atoms with Gasteiger partial charge in [0.15, 0.2) is 20.8 Å². The summed E-state index contributed by atoms with van der Waals surface area (Å²) in [5, 5.41) is 3.27. The first-order valence-electron chi connectivity index (χ1n) is 7.59. The fourth-order valence-corrected chi connectivity index (χ4v) is 3.56. The van der Waals surface area contributed by atoms with Gasteiger partial charge in [-0.2, -0.15) is 0 Å². The van der Waals surface area contributed by atoms with E-state index >= 15 is 0 Å². The summed E-state index contributed by atoms with van der Waals surface area (Å²) in [6, 6.07) is 3.79. The van der Waals surface area contributed by atoms with Crippen molar-refractivity contribution < 1.29 is 9.15 Å². The molecule has 4 heterocycles. The molecule has 0 aliphatic carbocycles. The summed E-state index contributed by atoms with van der Waals surface area (Å²) >= 11 is 2.23. The summed E-state index contributed by atoms with van der Waals surface area (Å²) in [4.78, 5) is 13.4. The van der Waals surface area contributed by atoms with Crippen LogP contribution in [0.4, 0.5) is 5.82 Å². The molecule has 0 bridgehead atoms. The Labute approximate surface area is 146 Å². The van der Waals surface area contributed by atoms with Gasteiger partial charge < -0.3 is 14.5 Å². The smallest absolute Gasteiger partial charge is 0.175 e. The Bertz CT molecular complexity index is 796. The van der Waals surface area contributed by atoms with Crippen molar-refractivity contribution in [2.75, 3.05) is 11.9 Å². The molecule has 1 atom stereocenters. The number of hydrogen-bond acceptors (Lipinski definition) is 6. The molecule has 0 aromatic carbocycles. The van der Waals surface area contributed by atoms with E-state index in [1.807, 2.05) is 12.1 Å². The summed E-state index contributed by atoms with van der Waals surface area (Å²) in [6.45, 7) is 1.34. The summed E-state index contributed by atoms with van der Waals surface area (Å²) in [5.74, 6) is 1.56. The Morgan fingerprint density at radius 1 is 1.35 bits per heavy atom. The maximum absolute atomic E-state index is 5.89. The number of nitrogens with zero attached hydrogens (tertiary/aromatic N) is 4. The number of nitrogens with one attached hydrogen (secondary N) is 1. The predicted molar refractivity (Wildman–Crippen MR) is 92.9 cm³/mol. The van der Waals surface area contributed by atoms with Crippen molar-refractivity contribution >= 4 is 39.6 Å². The zero-order valence-corrected chi connectivity index (χ0v) is 14.6. The van der Waals surface area contributed by atoms with Gasteiger partial charge in [0, 0.05) is 29.2 Å². The van der Waals surface area contributed by atoms with Crippen LogP contribution in [0.2, 0.25) is 0 Å². The lowest BCUT2D eigenvalue weighted by molar-refractivity contribution is -0.0313. The van der Waals surface area contributed by atoms with Crippen LogP contribution in [0, 0.1) is 3.83 Å². The minimum Gasteiger partial charge on any atom is -0.467 e. The molecule has 0 amide bonds. The van der Waals surface area contributed by atoms with Gasteiger partial charge in [-0.3, -0.25) is 4.57 Å². The zero-order valence-electron chi connectivity index (χ0n) is 12.4. The van der Waals surface area contributed by atoms with E-state index in [2.05, 4.69) is 47.4 Å². The zero-order chi connectivity index (χ0) is 15.6. The highest BCUT2D eigenvalue weighted by atomic mass is 127. The van der Waals surface area contributed by atoms with Gasteiger partial charge in [0.1, 0.15) is 18.3 Å². The molecule has 4 rings (SSSR count). The van der Waals surface area contributed by atoms with Gasteiger partial charge in [-0.05, 0) is 31.4 Å². The minimum absolute atomic E-state index is 0.00785. The number of ether oxygens (including phenoxy) is 1. The van der Waals surface area contributed by atoms with Crippen LogP contribution in [0.15, 0.2) is 29.1 Å². The SMILES string of the molecule is Ic1nc2c(NCc3ccco3)ncnc2n1C1CCCCO1. The van der Waals surface area contributed by atoms with Crippen LogP contribution in [0.3, 0.4) is 0 Å². The van der Waals surface area contributed by atoms with E-state index in [1.54, 1.807) is 12.6 Å². The third-order valence-corrected chi connectivity index (χ3v) is 4.65. The summed E-state index contributed by atoms with van der Waals surface area (Å²) in [7, 11) is 0. The molecular formula is C15H16IN5O2. The second kappa shape index (κ2) is 6.44. The van der Waals surface area contributed by atoms with Crippen LogP contribution < -0.4 is 5.32 Å². The first kappa shape index (κ1) is 14.9. The molecule has 120 valence electrons. The molecule has 3 aromatic heterocycles. The van der Waals surface area contributed by atoms with E-state index in [1.165, 1.54) is 0 Å². The quantitative estimate of drug-likeness (QED) is 0.511. The Hall–Kier alpha value is -1.68. The molecule has 1 fully saturated rings. The molecule has 0 radical (unpaired) electrons. The van der Waals surface area contributed by atoms with Crippen LogP contribution in [0.5, 0.6) is 0 Å². The first-order chi connectivity index (χ1) is 11.3. The van der Waals surface area contributed by atoms with E-state index in [0.29, 0.717) is 12.4 Å². The summed E-state index contributed by atoms with van der Waals surface area (Å²) < 4.78 is 14.2. The highest BCUT2D eigenvalue weighted by Gasteiger charge is 2.23. The van der Waals surface area contributed by atoms with Crippen molar-refractivity contribution in [1.29, 1.82) is 0 Å². The molecule has 1 aliphatic rings. The van der Waals surface area contributed by atoms with Gasteiger partial charge in [0.2, 0.25) is 0 Å². The third kappa shape index (κ3) is 2.92. The number of hydrogen-bond donors (Lipinski definition) is 1. The molecule has 1 unspecified atom stereocenters. The molecule has 1 aliphatic heterocycles. The van der Waals surface area contributed by atoms with Crippen molar-refractivity contribution in [1.82, 2.24) is 19.5 Å². The molecule has 8 heteroatoms. The Balaban J connectivity index is 1.67. The number of imidazole rings is 1. The second-order valence-corrected chi connectivity index (χ2v) is 6.36.